The Morgan fingerprint density at radius 2 is 2.06 bits per heavy atom. The van der Waals surface area contributed by atoms with Gasteiger partial charge >= 0.3 is 0 Å². The van der Waals surface area contributed by atoms with E-state index < -0.39 is 5.41 Å². The highest BCUT2D eigenvalue weighted by Crippen LogP contribution is 2.66. The molecule has 2 aliphatic carbocycles. The predicted molar refractivity (Wildman–Crippen MR) is 62.7 cm³/mol. The Bertz CT molecular complexity index is 341. The van der Waals surface area contributed by atoms with Crippen LogP contribution in [0.3, 0.4) is 0 Å². The van der Waals surface area contributed by atoms with Crippen LogP contribution >= 0.6 is 0 Å². The maximum absolute atomic E-state index is 12.2. The third-order valence-corrected chi connectivity index (χ3v) is 5.16. The molecule has 0 aromatic rings. The van der Waals surface area contributed by atoms with Crippen molar-refractivity contribution in [2.24, 2.45) is 22.2 Å². The normalized spacial score (nSPS) is 36.8. The maximum atomic E-state index is 12.2. The second kappa shape index (κ2) is 3.18. The summed E-state index contributed by atoms with van der Waals surface area (Å²) in [6.45, 7) is 8.19. The number of carbonyl (C=O) groups excluding carboxylic acids is 2. The number of Topliss-reactive ketones (excluding diaryl/α,β-unsaturated/α-hetero) is 1. The van der Waals surface area contributed by atoms with E-state index in [1.807, 2.05) is 13.8 Å². The van der Waals surface area contributed by atoms with E-state index in [4.69, 9.17) is 0 Å². The zero-order valence-electron chi connectivity index (χ0n) is 10.7. The number of rotatable bonds is 3. The summed E-state index contributed by atoms with van der Waals surface area (Å²) in [6, 6.07) is 0. The molecule has 2 rings (SSSR count). The average molecular weight is 221 g/mol. The number of hydrogen-bond donors (Lipinski definition) is 0. The first kappa shape index (κ1) is 11.8. The Labute approximate surface area is 97.8 Å². The molecule has 0 aromatic heterocycles. The molecule has 89 valence electrons. The summed E-state index contributed by atoms with van der Waals surface area (Å²) in [5, 5.41) is 0. The molecule has 0 N–H and O–H groups in total. The summed E-state index contributed by atoms with van der Waals surface area (Å²) in [5.74, 6) is 0.916. The van der Waals surface area contributed by atoms with Crippen molar-refractivity contribution in [2.75, 3.05) is 0 Å². The Hall–Kier alpha value is -0.660. The van der Waals surface area contributed by atoms with Crippen LogP contribution in [-0.4, -0.2) is 12.1 Å². The third kappa shape index (κ3) is 1.31. The van der Waals surface area contributed by atoms with Gasteiger partial charge in [-0.15, -0.1) is 0 Å². The van der Waals surface area contributed by atoms with Gasteiger partial charge in [-0.05, 0) is 30.6 Å². The lowest BCUT2D eigenvalue weighted by molar-refractivity contribution is -0.131. The van der Waals surface area contributed by atoms with Gasteiger partial charge in [0.2, 0.25) is 6.29 Å². The van der Waals surface area contributed by atoms with Crippen molar-refractivity contribution in [3.63, 3.8) is 0 Å². The predicted octanol–water partition coefficient (Wildman–Crippen LogP) is 2.91. The molecule has 2 aliphatic rings. The van der Waals surface area contributed by atoms with E-state index in [-0.39, 0.29) is 10.8 Å². The highest BCUT2D eigenvalue weighted by molar-refractivity contribution is 5.90. The summed E-state index contributed by atoms with van der Waals surface area (Å²) in [7, 11) is 0. The lowest BCUT2D eigenvalue weighted by Crippen LogP contribution is -2.40. The minimum absolute atomic E-state index is 0.0677. The molecule has 0 heterocycles. The molecule has 2 fully saturated rings. The smallest absolute Gasteiger partial charge is 0.204 e. The molecule has 2 unspecified atom stereocenters. The number of ketones is 1. The minimum atomic E-state index is -0.494. The fraction of sp³-hybridized carbons (Fsp3) is 0.857. The molecule has 0 aromatic carbocycles. The highest BCUT2D eigenvalue weighted by atomic mass is 16.1. The third-order valence-electron chi connectivity index (χ3n) is 5.16. The minimum Gasteiger partial charge on any atom is -0.299 e. The van der Waals surface area contributed by atoms with Crippen LogP contribution in [-0.2, 0) is 9.59 Å². The van der Waals surface area contributed by atoms with Crippen molar-refractivity contribution >= 4 is 12.1 Å². The first-order chi connectivity index (χ1) is 7.25. The summed E-state index contributed by atoms with van der Waals surface area (Å²) in [6.07, 6.45) is 5.61. The van der Waals surface area contributed by atoms with Crippen LogP contribution in [0.2, 0.25) is 0 Å². The Morgan fingerprint density at radius 1 is 1.44 bits per heavy atom. The second-order valence-electron chi connectivity index (χ2n) is 6.83. The van der Waals surface area contributed by atoms with Gasteiger partial charge in [0.1, 0.15) is 5.78 Å². The first-order valence-corrected chi connectivity index (χ1v) is 6.18. The maximum Gasteiger partial charge on any atom is 0.204 e. The van der Waals surface area contributed by atoms with Gasteiger partial charge in [-0.1, -0.05) is 27.7 Å². The fourth-order valence-electron chi connectivity index (χ4n) is 3.97. The molecule has 0 amide bonds. The Balaban J connectivity index is 2.36. The van der Waals surface area contributed by atoms with Crippen LogP contribution in [0.15, 0.2) is 0 Å². The lowest BCUT2D eigenvalue weighted by Gasteiger charge is -2.40. The molecule has 1 radical (unpaired) electrons. The van der Waals surface area contributed by atoms with E-state index in [2.05, 4.69) is 20.1 Å². The number of carbonyl (C=O) groups is 1. The number of hydrogen-bond acceptors (Lipinski definition) is 2. The Kier molecular flexibility index (Phi) is 2.35. The van der Waals surface area contributed by atoms with E-state index in [0.29, 0.717) is 18.1 Å². The van der Waals surface area contributed by atoms with Gasteiger partial charge in [-0.25, -0.2) is 0 Å². The summed E-state index contributed by atoms with van der Waals surface area (Å²) in [5.41, 5.74) is -0.678. The summed E-state index contributed by atoms with van der Waals surface area (Å²) in [4.78, 5) is 23.2. The molecule has 2 nitrogen and oxygen atoms in total. The van der Waals surface area contributed by atoms with Crippen molar-refractivity contribution in [1.29, 1.82) is 0 Å². The van der Waals surface area contributed by atoms with E-state index >= 15 is 0 Å². The van der Waals surface area contributed by atoms with Crippen LogP contribution in [0, 0.1) is 22.2 Å². The molecule has 0 spiro atoms. The summed E-state index contributed by atoms with van der Waals surface area (Å²) < 4.78 is 0. The molecular weight excluding hydrogens is 200 g/mol. The van der Waals surface area contributed by atoms with Gasteiger partial charge in [0.05, 0.1) is 0 Å². The molecule has 2 saturated carbocycles. The van der Waals surface area contributed by atoms with Crippen molar-refractivity contribution in [3.05, 3.63) is 0 Å². The molecule has 2 atom stereocenters. The van der Waals surface area contributed by atoms with Crippen LogP contribution in [0.4, 0.5) is 0 Å². The lowest BCUT2D eigenvalue weighted by atomic mass is 9.62. The zero-order chi connectivity index (χ0) is 12.2. The largest absolute Gasteiger partial charge is 0.299 e. The van der Waals surface area contributed by atoms with Gasteiger partial charge in [0.15, 0.2) is 0 Å². The van der Waals surface area contributed by atoms with Gasteiger partial charge in [-0.3, -0.25) is 9.59 Å². The fourth-order valence-corrected chi connectivity index (χ4v) is 3.97. The van der Waals surface area contributed by atoms with Crippen LogP contribution in [0.5, 0.6) is 0 Å². The van der Waals surface area contributed by atoms with E-state index in [9.17, 15) is 9.59 Å². The standard InChI is InChI=1S/C14H21O2/c1-12(2,9-15)8-14-6-5-10(7-11(14)16)13(14,3)4/h10H,5-8H2,1-4H3. The molecule has 2 bridgehead atoms. The quantitative estimate of drug-likeness (QED) is 0.734. The topological polar surface area (TPSA) is 34.1 Å². The Morgan fingerprint density at radius 3 is 2.44 bits per heavy atom. The average Bonchev–Trinajstić information content (AvgIpc) is 2.51. The number of fused-ring (bicyclic) bond motifs is 2. The monoisotopic (exact) mass is 221 g/mol. The van der Waals surface area contributed by atoms with Crippen LogP contribution < -0.4 is 0 Å². The SMILES string of the molecule is CC(C)([C]=O)CC12CCC(CC1=O)C2(C)C. The zero-order valence-corrected chi connectivity index (χ0v) is 10.7. The van der Waals surface area contributed by atoms with Gasteiger partial charge in [0.25, 0.3) is 0 Å². The molecular formula is C14H21O2. The van der Waals surface area contributed by atoms with Crippen molar-refractivity contribution in [1.82, 2.24) is 0 Å². The van der Waals surface area contributed by atoms with E-state index in [1.54, 1.807) is 0 Å². The van der Waals surface area contributed by atoms with Crippen LogP contribution in [0.1, 0.15) is 53.4 Å². The molecule has 0 aliphatic heterocycles. The molecule has 16 heavy (non-hydrogen) atoms. The van der Waals surface area contributed by atoms with Crippen molar-refractivity contribution < 1.29 is 9.59 Å². The first-order valence-electron chi connectivity index (χ1n) is 6.18. The molecule has 0 saturated heterocycles. The van der Waals surface area contributed by atoms with Crippen molar-refractivity contribution in [2.45, 2.75) is 53.4 Å². The molecule has 2 heteroatoms. The summed E-state index contributed by atoms with van der Waals surface area (Å²) >= 11 is 0. The van der Waals surface area contributed by atoms with Gasteiger partial charge in [-0.2, -0.15) is 0 Å². The van der Waals surface area contributed by atoms with Crippen LogP contribution in [0.25, 0.3) is 0 Å². The van der Waals surface area contributed by atoms with Gasteiger partial charge in [0, 0.05) is 17.3 Å². The second-order valence-corrected chi connectivity index (χ2v) is 6.83. The highest BCUT2D eigenvalue weighted by Gasteiger charge is 2.64. The van der Waals surface area contributed by atoms with E-state index in [1.165, 1.54) is 0 Å². The van der Waals surface area contributed by atoms with E-state index in [0.717, 1.165) is 19.3 Å². The van der Waals surface area contributed by atoms with Crippen molar-refractivity contribution in [3.8, 4) is 0 Å². The van der Waals surface area contributed by atoms with Gasteiger partial charge < -0.3 is 0 Å².